The maximum atomic E-state index is 12.0. The summed E-state index contributed by atoms with van der Waals surface area (Å²) in [6.45, 7) is 3.49. The van der Waals surface area contributed by atoms with E-state index < -0.39 is 6.18 Å². The van der Waals surface area contributed by atoms with Crippen LogP contribution in [0.2, 0.25) is 0 Å². The fourth-order valence-corrected chi connectivity index (χ4v) is 1.22. The molecule has 0 nitrogen and oxygen atoms in total. The lowest BCUT2D eigenvalue weighted by Gasteiger charge is -2.02. The summed E-state index contributed by atoms with van der Waals surface area (Å²) in [5, 5.41) is 0. The van der Waals surface area contributed by atoms with Crippen LogP contribution in [0, 0.1) is 11.8 Å². The molecule has 0 atom stereocenters. The third-order valence-electron chi connectivity index (χ3n) is 1.89. The van der Waals surface area contributed by atoms with Crippen molar-refractivity contribution in [2.45, 2.75) is 20.0 Å². The summed E-state index contributed by atoms with van der Waals surface area (Å²) in [6.07, 6.45) is -4.45. The van der Waals surface area contributed by atoms with E-state index in [1.165, 1.54) is 5.92 Å². The van der Waals surface area contributed by atoms with Crippen LogP contribution in [-0.2, 0) is 0 Å². The molecule has 0 aliphatic heterocycles. The van der Waals surface area contributed by atoms with E-state index in [9.17, 15) is 13.2 Å². The summed E-state index contributed by atoms with van der Waals surface area (Å²) >= 11 is 0. The van der Waals surface area contributed by atoms with E-state index in [1.54, 1.807) is 38.1 Å². The van der Waals surface area contributed by atoms with Gasteiger partial charge in [0.1, 0.15) is 0 Å². The van der Waals surface area contributed by atoms with E-state index in [1.807, 2.05) is 6.07 Å². The molecule has 0 aliphatic carbocycles. The average molecular weight is 224 g/mol. The minimum absolute atomic E-state index is 0.429. The molecule has 16 heavy (non-hydrogen) atoms. The van der Waals surface area contributed by atoms with Crippen LogP contribution in [0.3, 0.4) is 0 Å². The summed E-state index contributed by atoms with van der Waals surface area (Å²) in [5.74, 6) is 3.47. The van der Waals surface area contributed by atoms with Gasteiger partial charge in [0.15, 0.2) is 0 Å². The molecule has 0 aliphatic rings. The molecule has 0 amide bonds. The van der Waals surface area contributed by atoms with Crippen LogP contribution in [0.5, 0.6) is 0 Å². The van der Waals surface area contributed by atoms with Gasteiger partial charge in [-0.15, -0.1) is 0 Å². The highest BCUT2D eigenvalue weighted by Gasteiger charge is 2.23. The van der Waals surface area contributed by atoms with Crippen molar-refractivity contribution in [2.24, 2.45) is 0 Å². The Morgan fingerprint density at radius 3 is 2.06 bits per heavy atom. The quantitative estimate of drug-likeness (QED) is 0.631. The standard InChI is InChI=1S/C13H11F3/c1-10(2)12(8-9-13(14,15)16)11-6-4-3-5-7-11/h3-7H,1-2H3. The number of benzene rings is 1. The third kappa shape index (κ3) is 3.82. The molecule has 0 fully saturated rings. The van der Waals surface area contributed by atoms with Gasteiger partial charge in [0, 0.05) is 11.5 Å². The van der Waals surface area contributed by atoms with Gasteiger partial charge < -0.3 is 0 Å². The molecule has 0 radical (unpaired) electrons. The van der Waals surface area contributed by atoms with Crippen LogP contribution in [0.15, 0.2) is 35.9 Å². The Kier molecular flexibility index (Phi) is 3.78. The van der Waals surface area contributed by atoms with Crippen molar-refractivity contribution in [3.63, 3.8) is 0 Å². The van der Waals surface area contributed by atoms with Crippen molar-refractivity contribution in [1.82, 2.24) is 0 Å². The lowest BCUT2D eigenvalue weighted by Crippen LogP contribution is -2.01. The molecular weight excluding hydrogens is 213 g/mol. The van der Waals surface area contributed by atoms with Crippen LogP contribution in [0.25, 0.3) is 5.57 Å². The molecule has 0 heterocycles. The van der Waals surface area contributed by atoms with E-state index in [4.69, 9.17) is 0 Å². The summed E-state index contributed by atoms with van der Waals surface area (Å²) < 4.78 is 36.0. The van der Waals surface area contributed by atoms with Gasteiger partial charge in [-0.1, -0.05) is 41.8 Å². The highest BCUT2D eigenvalue weighted by atomic mass is 19.4. The molecule has 0 unspecified atom stereocenters. The SMILES string of the molecule is CC(C)=C(C#CC(F)(F)F)c1ccccc1. The fourth-order valence-electron chi connectivity index (χ4n) is 1.22. The zero-order valence-electron chi connectivity index (χ0n) is 9.02. The van der Waals surface area contributed by atoms with Gasteiger partial charge >= 0.3 is 6.18 Å². The Morgan fingerprint density at radius 1 is 1.06 bits per heavy atom. The Morgan fingerprint density at radius 2 is 1.62 bits per heavy atom. The molecule has 0 saturated carbocycles. The first-order chi connectivity index (χ1) is 7.40. The number of hydrogen-bond donors (Lipinski definition) is 0. The molecule has 1 aromatic rings. The number of allylic oxidation sites excluding steroid dienone is 2. The smallest absolute Gasteiger partial charge is 0.159 e. The number of rotatable bonds is 1. The molecule has 0 spiro atoms. The minimum atomic E-state index is -4.45. The van der Waals surface area contributed by atoms with Gasteiger partial charge in [0.05, 0.1) is 0 Å². The summed E-state index contributed by atoms with van der Waals surface area (Å²) in [7, 11) is 0. The Bertz CT molecular complexity index is 438. The van der Waals surface area contributed by atoms with Crippen molar-refractivity contribution in [1.29, 1.82) is 0 Å². The highest BCUT2D eigenvalue weighted by molar-refractivity contribution is 5.80. The van der Waals surface area contributed by atoms with Gasteiger partial charge in [0.2, 0.25) is 0 Å². The topological polar surface area (TPSA) is 0 Å². The maximum absolute atomic E-state index is 12.0. The fraction of sp³-hybridized carbons (Fsp3) is 0.231. The number of alkyl halides is 3. The zero-order valence-corrected chi connectivity index (χ0v) is 9.02. The van der Waals surface area contributed by atoms with Gasteiger partial charge in [-0.25, -0.2) is 0 Å². The monoisotopic (exact) mass is 224 g/mol. The van der Waals surface area contributed by atoms with Crippen molar-refractivity contribution >= 4 is 5.57 Å². The van der Waals surface area contributed by atoms with Crippen LogP contribution in [-0.4, -0.2) is 6.18 Å². The van der Waals surface area contributed by atoms with Crippen molar-refractivity contribution < 1.29 is 13.2 Å². The van der Waals surface area contributed by atoms with Gasteiger partial charge in [-0.3, -0.25) is 0 Å². The summed E-state index contributed by atoms with van der Waals surface area (Å²) in [5.41, 5.74) is 1.90. The molecule has 0 bridgehead atoms. The Labute approximate surface area is 92.8 Å². The van der Waals surface area contributed by atoms with E-state index in [0.717, 1.165) is 5.57 Å². The molecule has 0 N–H and O–H groups in total. The van der Waals surface area contributed by atoms with Crippen LogP contribution in [0.1, 0.15) is 19.4 Å². The minimum Gasteiger partial charge on any atom is -0.159 e. The number of hydrogen-bond acceptors (Lipinski definition) is 0. The molecule has 84 valence electrons. The van der Waals surface area contributed by atoms with Gasteiger partial charge in [0.25, 0.3) is 0 Å². The molecule has 3 heteroatoms. The summed E-state index contributed by atoms with van der Waals surface area (Å²) in [6, 6.07) is 8.84. The van der Waals surface area contributed by atoms with E-state index in [2.05, 4.69) is 5.92 Å². The first-order valence-electron chi connectivity index (χ1n) is 4.73. The lowest BCUT2D eigenvalue weighted by atomic mass is 10.0. The summed E-state index contributed by atoms with van der Waals surface area (Å²) in [4.78, 5) is 0. The van der Waals surface area contributed by atoms with Crippen molar-refractivity contribution in [2.75, 3.05) is 0 Å². The first kappa shape index (κ1) is 12.4. The van der Waals surface area contributed by atoms with E-state index in [0.29, 0.717) is 11.1 Å². The molecular formula is C13H11F3. The van der Waals surface area contributed by atoms with E-state index >= 15 is 0 Å². The second kappa shape index (κ2) is 4.89. The molecule has 1 rings (SSSR count). The Hall–Kier alpha value is -1.69. The van der Waals surface area contributed by atoms with Gasteiger partial charge in [-0.05, 0) is 19.4 Å². The predicted octanol–water partition coefficient (Wildman–Crippen LogP) is 4.05. The lowest BCUT2D eigenvalue weighted by molar-refractivity contribution is -0.0696. The molecule has 1 aromatic carbocycles. The molecule has 0 aromatic heterocycles. The third-order valence-corrected chi connectivity index (χ3v) is 1.89. The largest absolute Gasteiger partial charge is 0.458 e. The maximum Gasteiger partial charge on any atom is 0.458 e. The first-order valence-corrected chi connectivity index (χ1v) is 4.73. The predicted molar refractivity (Wildman–Crippen MR) is 58.5 cm³/mol. The second-order valence-electron chi connectivity index (χ2n) is 3.49. The molecule has 0 saturated heterocycles. The van der Waals surface area contributed by atoms with E-state index in [-0.39, 0.29) is 0 Å². The highest BCUT2D eigenvalue weighted by Crippen LogP contribution is 2.19. The normalized spacial score (nSPS) is 10.3. The van der Waals surface area contributed by atoms with Gasteiger partial charge in [-0.2, -0.15) is 13.2 Å². The zero-order chi connectivity index (χ0) is 12.2. The van der Waals surface area contributed by atoms with Crippen molar-refractivity contribution in [3.8, 4) is 11.8 Å². The van der Waals surface area contributed by atoms with Crippen molar-refractivity contribution in [3.05, 3.63) is 41.5 Å². The average Bonchev–Trinajstić information content (AvgIpc) is 2.17. The van der Waals surface area contributed by atoms with Crippen LogP contribution in [0.4, 0.5) is 13.2 Å². The van der Waals surface area contributed by atoms with Crippen LogP contribution >= 0.6 is 0 Å². The number of halogens is 3. The second-order valence-corrected chi connectivity index (χ2v) is 3.49. The van der Waals surface area contributed by atoms with Crippen LogP contribution < -0.4 is 0 Å². The Balaban J connectivity index is 3.14.